The topological polar surface area (TPSA) is 92.9 Å². The first-order chi connectivity index (χ1) is 16.0. The molecule has 0 saturated heterocycles. The summed E-state index contributed by atoms with van der Waals surface area (Å²) in [7, 11) is 0. The molecule has 0 aromatic heterocycles. The lowest BCUT2D eigenvalue weighted by molar-refractivity contribution is -0.384. The van der Waals surface area contributed by atoms with E-state index in [1.165, 1.54) is 12.1 Å². The molecule has 0 aliphatic carbocycles. The first-order valence-corrected chi connectivity index (χ1v) is 10.7. The number of hydrogen-bond acceptors (Lipinski definition) is 5. The van der Waals surface area contributed by atoms with Crippen molar-refractivity contribution in [2.75, 3.05) is 13.2 Å². The Morgan fingerprint density at radius 2 is 1.73 bits per heavy atom. The van der Waals surface area contributed by atoms with Crippen LogP contribution >= 0.6 is 11.6 Å². The van der Waals surface area contributed by atoms with Crippen LogP contribution in [-0.2, 0) is 17.0 Å². The number of carbonyl (C=O) groups excluding carboxylic acids is 1. The van der Waals surface area contributed by atoms with E-state index >= 15 is 0 Å². The summed E-state index contributed by atoms with van der Waals surface area (Å²) >= 11 is 6.13. The third-order valence-corrected chi connectivity index (χ3v) is 5.78. The molecule has 3 aromatic rings. The SMILES string of the molecule is O=C1c2ccccc2C(OCC=CCO)(c2ccc(Cl)cc2)N1Cc1ccc([N+](=O)[O-])cc1. The maximum absolute atomic E-state index is 13.6. The molecule has 1 atom stereocenters. The third-order valence-electron chi connectivity index (χ3n) is 5.53. The zero-order valence-electron chi connectivity index (χ0n) is 17.6. The van der Waals surface area contributed by atoms with Gasteiger partial charge in [0.05, 0.1) is 18.1 Å². The molecule has 4 rings (SSSR count). The number of hydrogen-bond donors (Lipinski definition) is 1. The number of rotatable bonds is 8. The minimum absolute atomic E-state index is 0.0239. The van der Waals surface area contributed by atoms with Crippen LogP contribution in [-0.4, -0.2) is 34.1 Å². The maximum atomic E-state index is 13.6. The predicted molar refractivity (Wildman–Crippen MR) is 124 cm³/mol. The van der Waals surface area contributed by atoms with Gasteiger partial charge in [-0.05, 0) is 23.8 Å². The van der Waals surface area contributed by atoms with E-state index in [9.17, 15) is 14.9 Å². The van der Waals surface area contributed by atoms with E-state index in [1.54, 1.807) is 53.5 Å². The molecule has 0 fully saturated rings. The summed E-state index contributed by atoms with van der Waals surface area (Å²) in [6, 6.07) is 20.5. The van der Waals surface area contributed by atoms with Gasteiger partial charge in [-0.15, -0.1) is 0 Å². The Morgan fingerprint density at radius 3 is 2.39 bits per heavy atom. The largest absolute Gasteiger partial charge is 0.392 e. The molecule has 3 aromatic carbocycles. The van der Waals surface area contributed by atoms with Crippen molar-refractivity contribution in [1.29, 1.82) is 0 Å². The highest BCUT2D eigenvalue weighted by Gasteiger charge is 2.52. The molecule has 0 bridgehead atoms. The third kappa shape index (κ3) is 4.26. The van der Waals surface area contributed by atoms with Crippen molar-refractivity contribution in [3.63, 3.8) is 0 Å². The maximum Gasteiger partial charge on any atom is 0.269 e. The Bertz CT molecular complexity index is 1190. The van der Waals surface area contributed by atoms with Gasteiger partial charge in [0.15, 0.2) is 5.72 Å². The van der Waals surface area contributed by atoms with Crippen LogP contribution in [0.25, 0.3) is 0 Å². The van der Waals surface area contributed by atoms with E-state index < -0.39 is 10.6 Å². The Hall–Kier alpha value is -3.52. The van der Waals surface area contributed by atoms with Crippen molar-refractivity contribution in [2.24, 2.45) is 0 Å². The number of halogens is 1. The summed E-state index contributed by atoms with van der Waals surface area (Å²) in [5.74, 6) is -0.218. The molecule has 1 N–H and O–H groups in total. The smallest absolute Gasteiger partial charge is 0.269 e. The average Bonchev–Trinajstić information content (AvgIpc) is 3.06. The summed E-state index contributed by atoms with van der Waals surface area (Å²) in [6.45, 7) is 0.179. The average molecular weight is 465 g/mol. The minimum Gasteiger partial charge on any atom is -0.392 e. The Labute approximate surface area is 195 Å². The van der Waals surface area contributed by atoms with Gasteiger partial charge in [0.2, 0.25) is 0 Å². The number of ether oxygens (including phenoxy) is 1. The highest BCUT2D eigenvalue weighted by Crippen LogP contribution is 2.46. The molecule has 1 amide bonds. The number of non-ortho nitro benzene ring substituents is 1. The second-order valence-electron chi connectivity index (χ2n) is 7.48. The van der Waals surface area contributed by atoms with Crippen LogP contribution in [0.4, 0.5) is 5.69 Å². The second kappa shape index (κ2) is 9.54. The monoisotopic (exact) mass is 464 g/mol. The fraction of sp³-hybridized carbons (Fsp3) is 0.160. The van der Waals surface area contributed by atoms with Crippen LogP contribution in [0, 0.1) is 10.1 Å². The van der Waals surface area contributed by atoms with E-state index in [4.69, 9.17) is 21.4 Å². The molecule has 7 nitrogen and oxygen atoms in total. The molecule has 168 valence electrons. The Kier molecular flexibility index (Phi) is 6.55. The van der Waals surface area contributed by atoms with Gasteiger partial charge in [0.25, 0.3) is 11.6 Å². The zero-order valence-corrected chi connectivity index (χ0v) is 18.3. The number of amides is 1. The van der Waals surface area contributed by atoms with Crippen molar-refractivity contribution < 1.29 is 19.6 Å². The molecule has 8 heteroatoms. The molecule has 0 spiro atoms. The quantitative estimate of drug-likeness (QED) is 0.297. The molecule has 1 aliphatic heterocycles. The Balaban J connectivity index is 1.84. The molecular formula is C25H21ClN2O5. The normalized spacial score (nSPS) is 17.5. The van der Waals surface area contributed by atoms with Gasteiger partial charge < -0.3 is 9.84 Å². The van der Waals surface area contributed by atoms with Crippen LogP contribution in [0.1, 0.15) is 27.0 Å². The predicted octanol–water partition coefficient (Wildman–Crippen LogP) is 4.67. The number of aliphatic hydroxyl groups excluding tert-OH is 1. The molecule has 1 aliphatic rings. The first-order valence-electron chi connectivity index (χ1n) is 10.3. The highest BCUT2D eigenvalue weighted by atomic mass is 35.5. The first kappa shape index (κ1) is 22.7. The van der Waals surface area contributed by atoms with Gasteiger partial charge in [-0.1, -0.05) is 66.2 Å². The number of nitrogens with zero attached hydrogens (tertiary/aromatic N) is 2. The molecule has 1 unspecified atom stereocenters. The highest BCUT2D eigenvalue weighted by molar-refractivity contribution is 6.30. The zero-order chi connectivity index (χ0) is 23.4. The molecule has 1 heterocycles. The number of fused-ring (bicyclic) bond motifs is 1. The van der Waals surface area contributed by atoms with Crippen molar-refractivity contribution >= 4 is 23.2 Å². The summed E-state index contributed by atoms with van der Waals surface area (Å²) in [6.07, 6.45) is 3.26. The van der Waals surface area contributed by atoms with Crippen molar-refractivity contribution in [3.8, 4) is 0 Å². The van der Waals surface area contributed by atoms with Crippen LogP contribution in [0.5, 0.6) is 0 Å². The van der Waals surface area contributed by atoms with Crippen molar-refractivity contribution in [3.05, 3.63) is 122 Å². The lowest BCUT2D eigenvalue weighted by atomic mass is 9.93. The molecule has 0 saturated carbocycles. The number of nitro groups is 1. The van der Waals surface area contributed by atoms with Gasteiger partial charge in [-0.2, -0.15) is 0 Å². The molecule has 33 heavy (non-hydrogen) atoms. The Morgan fingerprint density at radius 1 is 1.03 bits per heavy atom. The van der Waals surface area contributed by atoms with Gasteiger partial charge in [0.1, 0.15) is 0 Å². The standard InChI is InChI=1S/C25H21ClN2O5/c26-20-11-9-19(10-12-20)25(33-16-4-3-15-29)23-6-2-1-5-22(23)24(30)27(25)17-18-7-13-21(14-8-18)28(31)32/h1-14,29H,15-17H2. The van der Waals surface area contributed by atoms with Crippen LogP contribution < -0.4 is 0 Å². The summed E-state index contributed by atoms with van der Waals surface area (Å²) in [5, 5.41) is 20.7. The molecule has 0 radical (unpaired) electrons. The number of aliphatic hydroxyl groups is 1. The number of benzene rings is 3. The number of nitro benzene ring substituents is 1. The number of carbonyl (C=O) groups is 1. The van der Waals surface area contributed by atoms with E-state index in [-0.39, 0.29) is 31.4 Å². The van der Waals surface area contributed by atoms with E-state index in [2.05, 4.69) is 0 Å². The van der Waals surface area contributed by atoms with E-state index in [0.717, 1.165) is 5.56 Å². The summed E-state index contributed by atoms with van der Waals surface area (Å²) in [4.78, 5) is 25.8. The van der Waals surface area contributed by atoms with Gasteiger partial charge in [-0.3, -0.25) is 19.8 Å². The van der Waals surface area contributed by atoms with E-state index in [0.29, 0.717) is 21.7 Å². The lowest BCUT2D eigenvalue weighted by Crippen LogP contribution is -2.46. The van der Waals surface area contributed by atoms with Gasteiger partial charge in [-0.25, -0.2) is 0 Å². The minimum atomic E-state index is -1.25. The van der Waals surface area contributed by atoms with Crippen molar-refractivity contribution in [2.45, 2.75) is 12.3 Å². The van der Waals surface area contributed by atoms with Crippen LogP contribution in [0.3, 0.4) is 0 Å². The summed E-state index contributed by atoms with van der Waals surface area (Å²) < 4.78 is 6.42. The van der Waals surface area contributed by atoms with Gasteiger partial charge >= 0.3 is 0 Å². The fourth-order valence-electron chi connectivity index (χ4n) is 4.03. The fourth-order valence-corrected chi connectivity index (χ4v) is 4.15. The second-order valence-corrected chi connectivity index (χ2v) is 7.91. The van der Waals surface area contributed by atoms with Gasteiger partial charge in [0, 0.05) is 40.4 Å². The van der Waals surface area contributed by atoms with E-state index in [1.807, 2.05) is 24.3 Å². The van der Waals surface area contributed by atoms with Crippen LogP contribution in [0.15, 0.2) is 84.9 Å². The van der Waals surface area contributed by atoms with Crippen molar-refractivity contribution in [1.82, 2.24) is 4.90 Å². The lowest BCUT2D eigenvalue weighted by Gasteiger charge is -2.39. The van der Waals surface area contributed by atoms with Crippen LogP contribution in [0.2, 0.25) is 5.02 Å². The summed E-state index contributed by atoms with van der Waals surface area (Å²) in [5.41, 5.74) is 1.36. The molecular weight excluding hydrogens is 444 g/mol.